The first kappa shape index (κ1) is 16.2. The predicted molar refractivity (Wildman–Crippen MR) is 92.2 cm³/mol. The molecule has 1 heterocycles. The zero-order valence-corrected chi connectivity index (χ0v) is 13.6. The lowest BCUT2D eigenvalue weighted by molar-refractivity contribution is -0.0124. The van der Waals surface area contributed by atoms with Gasteiger partial charge in [0, 0.05) is 29.9 Å². The number of amides is 2. The Morgan fingerprint density at radius 3 is 2.42 bits per heavy atom. The molecule has 2 aromatic rings. The Hall–Kier alpha value is -2.66. The smallest absolute Gasteiger partial charge is 0.255 e. The maximum absolute atomic E-state index is 12.5. The number of hydrogen-bond donors (Lipinski definition) is 1. The summed E-state index contributed by atoms with van der Waals surface area (Å²) in [5, 5.41) is 2.83. The van der Waals surface area contributed by atoms with Gasteiger partial charge < -0.3 is 15.0 Å². The van der Waals surface area contributed by atoms with Crippen LogP contribution in [0.25, 0.3) is 0 Å². The zero-order chi connectivity index (χ0) is 16.9. The fraction of sp³-hybridized carbons (Fsp3) is 0.263. The Balaban J connectivity index is 1.65. The Morgan fingerprint density at radius 1 is 1.04 bits per heavy atom. The normalized spacial score (nSPS) is 17.4. The molecule has 1 aliphatic heterocycles. The van der Waals surface area contributed by atoms with Gasteiger partial charge in [-0.2, -0.15) is 0 Å². The maximum Gasteiger partial charge on any atom is 0.255 e. The van der Waals surface area contributed by atoms with Crippen molar-refractivity contribution in [1.29, 1.82) is 0 Å². The largest absolute Gasteiger partial charge is 0.375 e. The van der Waals surface area contributed by atoms with E-state index in [-0.39, 0.29) is 17.9 Å². The Kier molecular flexibility index (Phi) is 4.91. The molecule has 1 aliphatic rings. The van der Waals surface area contributed by atoms with Gasteiger partial charge in [0.25, 0.3) is 11.8 Å². The number of carbonyl (C=O) groups is 2. The quantitative estimate of drug-likeness (QED) is 0.944. The first-order valence-corrected chi connectivity index (χ1v) is 8.01. The number of morpholine rings is 1. The number of benzene rings is 2. The standard InChI is InChI=1S/C19H20N2O3/c1-14-13-21(11-12-24-14)19(23)16-7-9-17(10-8-16)20-18(22)15-5-3-2-4-6-15/h2-10,14H,11-13H2,1H3,(H,20,22). The molecule has 0 saturated carbocycles. The molecular weight excluding hydrogens is 304 g/mol. The van der Waals surface area contributed by atoms with E-state index in [1.54, 1.807) is 41.3 Å². The van der Waals surface area contributed by atoms with Crippen molar-refractivity contribution in [3.05, 3.63) is 65.7 Å². The van der Waals surface area contributed by atoms with E-state index in [2.05, 4.69) is 5.32 Å². The molecule has 5 nitrogen and oxygen atoms in total. The minimum atomic E-state index is -0.170. The van der Waals surface area contributed by atoms with Crippen LogP contribution in [0.4, 0.5) is 5.69 Å². The molecule has 0 aliphatic carbocycles. The number of carbonyl (C=O) groups excluding carboxylic acids is 2. The molecule has 0 spiro atoms. The summed E-state index contributed by atoms with van der Waals surface area (Å²) in [6.07, 6.45) is 0.0622. The van der Waals surface area contributed by atoms with Crippen LogP contribution in [-0.4, -0.2) is 42.5 Å². The van der Waals surface area contributed by atoms with Gasteiger partial charge in [-0.25, -0.2) is 0 Å². The lowest BCUT2D eigenvalue weighted by atomic mass is 10.1. The number of nitrogens with one attached hydrogen (secondary N) is 1. The van der Waals surface area contributed by atoms with Crippen molar-refractivity contribution in [2.24, 2.45) is 0 Å². The van der Waals surface area contributed by atoms with E-state index in [0.717, 1.165) is 0 Å². The molecule has 1 unspecified atom stereocenters. The monoisotopic (exact) mass is 324 g/mol. The number of nitrogens with zero attached hydrogens (tertiary/aromatic N) is 1. The van der Waals surface area contributed by atoms with E-state index in [0.29, 0.717) is 36.5 Å². The van der Waals surface area contributed by atoms with Gasteiger partial charge in [0.15, 0.2) is 0 Å². The van der Waals surface area contributed by atoms with Crippen molar-refractivity contribution in [2.45, 2.75) is 13.0 Å². The van der Waals surface area contributed by atoms with E-state index in [1.165, 1.54) is 0 Å². The highest BCUT2D eigenvalue weighted by molar-refractivity contribution is 6.04. The number of hydrogen-bond acceptors (Lipinski definition) is 3. The van der Waals surface area contributed by atoms with Gasteiger partial charge in [0.2, 0.25) is 0 Å². The number of anilines is 1. The van der Waals surface area contributed by atoms with E-state index < -0.39 is 0 Å². The van der Waals surface area contributed by atoms with Crippen molar-refractivity contribution < 1.29 is 14.3 Å². The summed E-state index contributed by atoms with van der Waals surface area (Å²) in [6, 6.07) is 16.0. The van der Waals surface area contributed by atoms with Gasteiger partial charge in [-0.3, -0.25) is 9.59 Å². The molecule has 2 aromatic carbocycles. The second-order valence-corrected chi connectivity index (χ2v) is 5.83. The summed E-state index contributed by atoms with van der Waals surface area (Å²) in [5.74, 6) is -0.178. The average molecular weight is 324 g/mol. The first-order chi connectivity index (χ1) is 11.6. The van der Waals surface area contributed by atoms with Crippen LogP contribution in [0, 0.1) is 0 Å². The molecule has 1 N–H and O–H groups in total. The highest BCUT2D eigenvalue weighted by Gasteiger charge is 2.22. The van der Waals surface area contributed by atoms with Gasteiger partial charge >= 0.3 is 0 Å². The van der Waals surface area contributed by atoms with E-state index in [1.807, 2.05) is 25.1 Å². The van der Waals surface area contributed by atoms with Crippen LogP contribution in [0.5, 0.6) is 0 Å². The molecule has 1 saturated heterocycles. The van der Waals surface area contributed by atoms with Gasteiger partial charge in [-0.1, -0.05) is 18.2 Å². The van der Waals surface area contributed by atoms with Crippen LogP contribution in [-0.2, 0) is 4.74 Å². The minimum absolute atomic E-state index is 0.00825. The van der Waals surface area contributed by atoms with Crippen molar-refractivity contribution in [3.63, 3.8) is 0 Å². The van der Waals surface area contributed by atoms with Crippen molar-refractivity contribution in [3.8, 4) is 0 Å². The molecule has 24 heavy (non-hydrogen) atoms. The van der Waals surface area contributed by atoms with Crippen LogP contribution in [0.1, 0.15) is 27.6 Å². The predicted octanol–water partition coefficient (Wildman–Crippen LogP) is 2.80. The fourth-order valence-corrected chi connectivity index (χ4v) is 2.67. The summed E-state index contributed by atoms with van der Waals surface area (Å²) in [7, 11) is 0. The zero-order valence-electron chi connectivity index (χ0n) is 13.6. The minimum Gasteiger partial charge on any atom is -0.375 e. The van der Waals surface area contributed by atoms with E-state index >= 15 is 0 Å². The average Bonchev–Trinajstić information content (AvgIpc) is 2.62. The molecule has 2 amide bonds. The van der Waals surface area contributed by atoms with Gasteiger partial charge in [0.05, 0.1) is 12.7 Å². The lowest BCUT2D eigenvalue weighted by Gasteiger charge is -2.31. The molecule has 0 radical (unpaired) electrons. The summed E-state index contributed by atoms with van der Waals surface area (Å²) in [5.41, 5.74) is 1.87. The topological polar surface area (TPSA) is 58.6 Å². The second kappa shape index (κ2) is 7.27. The van der Waals surface area contributed by atoms with Crippen LogP contribution in [0.3, 0.4) is 0 Å². The molecular formula is C19H20N2O3. The summed E-state index contributed by atoms with van der Waals surface area (Å²) in [4.78, 5) is 26.4. The van der Waals surface area contributed by atoms with Gasteiger partial charge in [-0.15, -0.1) is 0 Å². The molecule has 3 rings (SSSR count). The van der Waals surface area contributed by atoms with Crippen LogP contribution in [0.2, 0.25) is 0 Å². The molecule has 1 fully saturated rings. The Bertz CT molecular complexity index is 713. The summed E-state index contributed by atoms with van der Waals surface area (Å²) in [6.45, 7) is 3.74. The van der Waals surface area contributed by atoms with Gasteiger partial charge in [-0.05, 0) is 43.3 Å². The van der Waals surface area contributed by atoms with Gasteiger partial charge in [0.1, 0.15) is 0 Å². The van der Waals surface area contributed by atoms with Crippen LogP contribution < -0.4 is 5.32 Å². The highest BCUT2D eigenvalue weighted by Crippen LogP contribution is 2.15. The third kappa shape index (κ3) is 3.81. The van der Waals surface area contributed by atoms with E-state index in [9.17, 15) is 9.59 Å². The Labute approximate surface area is 141 Å². The number of rotatable bonds is 3. The summed E-state index contributed by atoms with van der Waals surface area (Å²) < 4.78 is 5.46. The third-order valence-electron chi connectivity index (χ3n) is 3.95. The van der Waals surface area contributed by atoms with Crippen molar-refractivity contribution >= 4 is 17.5 Å². The SMILES string of the molecule is CC1CN(C(=O)c2ccc(NC(=O)c3ccccc3)cc2)CCO1. The summed E-state index contributed by atoms with van der Waals surface area (Å²) >= 11 is 0. The third-order valence-corrected chi connectivity index (χ3v) is 3.95. The molecule has 124 valence electrons. The van der Waals surface area contributed by atoms with Crippen LogP contribution >= 0.6 is 0 Å². The first-order valence-electron chi connectivity index (χ1n) is 8.01. The van der Waals surface area contributed by atoms with Crippen molar-refractivity contribution in [1.82, 2.24) is 4.90 Å². The molecule has 1 atom stereocenters. The molecule has 0 bridgehead atoms. The number of ether oxygens (including phenoxy) is 1. The lowest BCUT2D eigenvalue weighted by Crippen LogP contribution is -2.44. The van der Waals surface area contributed by atoms with Crippen LogP contribution in [0.15, 0.2) is 54.6 Å². The molecule has 0 aromatic heterocycles. The fourth-order valence-electron chi connectivity index (χ4n) is 2.67. The molecule has 5 heteroatoms. The highest BCUT2D eigenvalue weighted by atomic mass is 16.5. The Morgan fingerprint density at radius 2 is 1.75 bits per heavy atom. The second-order valence-electron chi connectivity index (χ2n) is 5.83. The van der Waals surface area contributed by atoms with E-state index in [4.69, 9.17) is 4.74 Å². The van der Waals surface area contributed by atoms with Crippen molar-refractivity contribution in [2.75, 3.05) is 25.0 Å². The maximum atomic E-state index is 12.5.